The first kappa shape index (κ1) is 20.4. The van der Waals surface area contributed by atoms with E-state index in [1.165, 1.54) is 6.26 Å². The number of para-hydroxylation sites is 1. The predicted octanol–water partition coefficient (Wildman–Crippen LogP) is 3.92. The largest absolute Gasteiger partial charge is 0.447 e. The molecule has 2 aromatic carbocycles. The van der Waals surface area contributed by atoms with Crippen molar-refractivity contribution in [1.82, 2.24) is 14.8 Å². The molecule has 1 aliphatic heterocycles. The van der Waals surface area contributed by atoms with E-state index in [9.17, 15) is 4.79 Å². The summed E-state index contributed by atoms with van der Waals surface area (Å²) in [6, 6.07) is 17.8. The van der Waals surface area contributed by atoms with E-state index < -0.39 is 0 Å². The van der Waals surface area contributed by atoms with Crippen molar-refractivity contribution in [3.05, 3.63) is 83.0 Å². The standard InChI is InChI=1S/C23H25ClN4O2/c1-26(15-18-7-3-2-4-8-18)23(29)20-17-30-22(25-20)16-27-11-13-28(14-12-27)21-10-6-5-9-19(21)24/h2-10,17H,11-16H2,1H3. The molecule has 0 bridgehead atoms. The van der Waals surface area contributed by atoms with Gasteiger partial charge in [-0.2, -0.15) is 0 Å². The lowest BCUT2D eigenvalue weighted by Gasteiger charge is -2.35. The zero-order valence-electron chi connectivity index (χ0n) is 17.0. The number of hydrogen-bond donors (Lipinski definition) is 0. The van der Waals surface area contributed by atoms with Gasteiger partial charge in [0.2, 0.25) is 5.89 Å². The minimum Gasteiger partial charge on any atom is -0.447 e. The Balaban J connectivity index is 1.30. The number of benzene rings is 2. The summed E-state index contributed by atoms with van der Waals surface area (Å²) in [5.74, 6) is 0.426. The highest BCUT2D eigenvalue weighted by molar-refractivity contribution is 6.33. The second-order valence-electron chi connectivity index (χ2n) is 7.49. The van der Waals surface area contributed by atoms with Crippen molar-refractivity contribution in [3.8, 4) is 0 Å². The number of nitrogens with zero attached hydrogens (tertiary/aromatic N) is 4. The number of piperazine rings is 1. The van der Waals surface area contributed by atoms with Crippen molar-refractivity contribution in [1.29, 1.82) is 0 Å². The molecule has 4 rings (SSSR count). The third kappa shape index (κ3) is 4.83. The number of aromatic nitrogens is 1. The van der Waals surface area contributed by atoms with Crippen molar-refractivity contribution in [2.45, 2.75) is 13.1 Å². The zero-order valence-corrected chi connectivity index (χ0v) is 17.8. The van der Waals surface area contributed by atoms with Crippen LogP contribution in [0.3, 0.4) is 0 Å². The molecular formula is C23H25ClN4O2. The average Bonchev–Trinajstić information content (AvgIpc) is 3.23. The van der Waals surface area contributed by atoms with Crippen molar-refractivity contribution in [2.75, 3.05) is 38.1 Å². The second kappa shape index (κ2) is 9.32. The van der Waals surface area contributed by atoms with Gasteiger partial charge >= 0.3 is 0 Å². The molecule has 1 aliphatic rings. The molecule has 1 fully saturated rings. The number of rotatable bonds is 6. The summed E-state index contributed by atoms with van der Waals surface area (Å²) in [6.45, 7) is 4.65. The molecule has 0 unspecified atom stereocenters. The van der Waals surface area contributed by atoms with Crippen LogP contribution >= 0.6 is 11.6 Å². The van der Waals surface area contributed by atoms with Gasteiger partial charge < -0.3 is 14.2 Å². The molecule has 156 valence electrons. The summed E-state index contributed by atoms with van der Waals surface area (Å²) in [4.78, 5) is 23.3. The molecule has 0 aliphatic carbocycles. The molecule has 1 saturated heterocycles. The SMILES string of the molecule is CN(Cc1ccccc1)C(=O)c1coc(CN2CCN(c3ccccc3Cl)CC2)n1. The van der Waals surface area contributed by atoms with Gasteiger partial charge in [0.05, 0.1) is 17.3 Å². The van der Waals surface area contributed by atoms with Gasteiger partial charge in [-0.25, -0.2) is 4.98 Å². The molecule has 6 nitrogen and oxygen atoms in total. The average molecular weight is 425 g/mol. The van der Waals surface area contributed by atoms with Gasteiger partial charge in [-0.3, -0.25) is 9.69 Å². The summed E-state index contributed by atoms with van der Waals surface area (Å²) in [6.07, 6.45) is 1.46. The number of carbonyl (C=O) groups is 1. The van der Waals surface area contributed by atoms with Crippen LogP contribution in [-0.2, 0) is 13.1 Å². The molecule has 0 saturated carbocycles. The van der Waals surface area contributed by atoms with E-state index in [0.717, 1.165) is 42.5 Å². The molecule has 2 heterocycles. The molecule has 0 atom stereocenters. The van der Waals surface area contributed by atoms with Crippen LogP contribution in [0, 0.1) is 0 Å². The van der Waals surface area contributed by atoms with Crippen LogP contribution < -0.4 is 4.90 Å². The Morgan fingerprint density at radius 3 is 2.50 bits per heavy atom. The Morgan fingerprint density at radius 1 is 1.07 bits per heavy atom. The molecule has 1 amide bonds. The summed E-state index contributed by atoms with van der Waals surface area (Å²) < 4.78 is 5.58. The highest BCUT2D eigenvalue weighted by Crippen LogP contribution is 2.26. The van der Waals surface area contributed by atoms with E-state index in [4.69, 9.17) is 16.0 Å². The number of anilines is 1. The number of amides is 1. The van der Waals surface area contributed by atoms with E-state index in [2.05, 4.69) is 20.9 Å². The fraction of sp³-hybridized carbons (Fsp3) is 0.304. The van der Waals surface area contributed by atoms with Crippen molar-refractivity contribution in [2.24, 2.45) is 0 Å². The molecule has 30 heavy (non-hydrogen) atoms. The maximum absolute atomic E-state index is 12.7. The monoisotopic (exact) mass is 424 g/mol. The lowest BCUT2D eigenvalue weighted by Crippen LogP contribution is -2.46. The van der Waals surface area contributed by atoms with Crippen molar-refractivity contribution in [3.63, 3.8) is 0 Å². The third-order valence-corrected chi connectivity index (χ3v) is 5.62. The van der Waals surface area contributed by atoms with Gasteiger partial charge in [0.15, 0.2) is 5.69 Å². The zero-order chi connectivity index (χ0) is 20.9. The fourth-order valence-corrected chi connectivity index (χ4v) is 3.91. The second-order valence-corrected chi connectivity index (χ2v) is 7.90. The quantitative estimate of drug-likeness (QED) is 0.600. The fourth-order valence-electron chi connectivity index (χ4n) is 3.65. The lowest BCUT2D eigenvalue weighted by molar-refractivity contribution is 0.0779. The Morgan fingerprint density at radius 2 is 1.77 bits per heavy atom. The van der Waals surface area contributed by atoms with Crippen molar-refractivity contribution < 1.29 is 9.21 Å². The molecule has 3 aromatic rings. The molecule has 7 heteroatoms. The number of hydrogen-bond acceptors (Lipinski definition) is 5. The Hall–Kier alpha value is -2.83. The highest BCUT2D eigenvalue weighted by Gasteiger charge is 2.22. The third-order valence-electron chi connectivity index (χ3n) is 5.30. The smallest absolute Gasteiger partial charge is 0.275 e. The van der Waals surface area contributed by atoms with Gasteiger partial charge in [-0.1, -0.05) is 54.1 Å². The first-order valence-corrected chi connectivity index (χ1v) is 10.4. The van der Waals surface area contributed by atoms with E-state index in [-0.39, 0.29) is 5.91 Å². The molecule has 1 aromatic heterocycles. The Kier molecular flexibility index (Phi) is 6.35. The number of carbonyl (C=O) groups excluding carboxylic acids is 1. The summed E-state index contributed by atoms with van der Waals surface area (Å²) in [5.41, 5.74) is 2.50. The first-order valence-electron chi connectivity index (χ1n) is 10.1. The van der Waals surface area contributed by atoms with Gasteiger partial charge in [0.1, 0.15) is 6.26 Å². The minimum atomic E-state index is -0.141. The minimum absolute atomic E-state index is 0.141. The van der Waals surface area contributed by atoms with Gasteiger partial charge in [-0.05, 0) is 17.7 Å². The molecular weight excluding hydrogens is 400 g/mol. The summed E-state index contributed by atoms with van der Waals surface area (Å²) in [7, 11) is 1.78. The lowest BCUT2D eigenvalue weighted by atomic mass is 10.2. The van der Waals surface area contributed by atoms with Crippen LogP contribution in [0.25, 0.3) is 0 Å². The molecule has 0 radical (unpaired) electrons. The van der Waals surface area contributed by atoms with Gasteiger partial charge in [-0.15, -0.1) is 0 Å². The topological polar surface area (TPSA) is 52.8 Å². The number of halogens is 1. The van der Waals surface area contributed by atoms with Crippen LogP contribution in [-0.4, -0.2) is 53.9 Å². The van der Waals surface area contributed by atoms with Crippen LogP contribution in [0.15, 0.2) is 65.3 Å². The van der Waals surface area contributed by atoms with Gasteiger partial charge in [0, 0.05) is 39.8 Å². The van der Waals surface area contributed by atoms with E-state index in [1.807, 2.05) is 48.5 Å². The highest BCUT2D eigenvalue weighted by atomic mass is 35.5. The van der Waals surface area contributed by atoms with Crippen LogP contribution in [0.2, 0.25) is 5.02 Å². The maximum Gasteiger partial charge on any atom is 0.275 e. The number of oxazole rings is 1. The molecule has 0 N–H and O–H groups in total. The maximum atomic E-state index is 12.7. The van der Waals surface area contributed by atoms with E-state index in [1.54, 1.807) is 11.9 Å². The van der Waals surface area contributed by atoms with Crippen LogP contribution in [0.4, 0.5) is 5.69 Å². The van der Waals surface area contributed by atoms with Crippen LogP contribution in [0.5, 0.6) is 0 Å². The normalized spacial score (nSPS) is 14.7. The first-order chi connectivity index (χ1) is 14.6. The Labute approximate surface area is 181 Å². The van der Waals surface area contributed by atoms with Gasteiger partial charge in [0.25, 0.3) is 5.91 Å². The van der Waals surface area contributed by atoms with Crippen molar-refractivity contribution >= 4 is 23.2 Å². The molecule has 0 spiro atoms. The summed E-state index contributed by atoms with van der Waals surface area (Å²) in [5, 5.41) is 0.779. The Bertz CT molecular complexity index is 984. The van der Waals surface area contributed by atoms with Crippen LogP contribution in [0.1, 0.15) is 21.9 Å². The van der Waals surface area contributed by atoms with E-state index >= 15 is 0 Å². The predicted molar refractivity (Wildman–Crippen MR) is 118 cm³/mol. The van der Waals surface area contributed by atoms with E-state index in [0.29, 0.717) is 24.7 Å². The summed E-state index contributed by atoms with van der Waals surface area (Å²) >= 11 is 6.32.